The van der Waals surface area contributed by atoms with Crippen molar-refractivity contribution in [3.63, 3.8) is 0 Å². The van der Waals surface area contributed by atoms with Crippen molar-refractivity contribution in [1.29, 1.82) is 0 Å². The summed E-state index contributed by atoms with van der Waals surface area (Å²) in [6, 6.07) is 4.67. The zero-order valence-electron chi connectivity index (χ0n) is 10.4. The molecule has 0 aliphatic carbocycles. The first kappa shape index (κ1) is 12.5. The molecule has 0 atom stereocenters. The number of piperidine rings is 1. The Morgan fingerprint density at radius 1 is 1.28 bits per heavy atom. The second-order valence-electron chi connectivity index (χ2n) is 4.63. The number of hydrogen-bond acceptors (Lipinski definition) is 3. The Balaban J connectivity index is 2.33. The summed E-state index contributed by atoms with van der Waals surface area (Å²) >= 11 is 0. The first-order valence-corrected chi connectivity index (χ1v) is 6.14. The Labute approximate surface area is 106 Å². The fourth-order valence-corrected chi connectivity index (χ4v) is 2.25. The zero-order valence-corrected chi connectivity index (χ0v) is 10.4. The van der Waals surface area contributed by atoms with Crippen LogP contribution in [0.1, 0.15) is 35.2 Å². The van der Waals surface area contributed by atoms with Crippen LogP contribution in [-0.4, -0.2) is 28.8 Å². The summed E-state index contributed by atoms with van der Waals surface area (Å²) in [5.74, 6) is -0.217. The van der Waals surface area contributed by atoms with Gasteiger partial charge in [-0.15, -0.1) is 0 Å². The molecule has 1 fully saturated rings. The fourth-order valence-electron chi connectivity index (χ4n) is 2.25. The van der Waals surface area contributed by atoms with Gasteiger partial charge >= 0.3 is 0 Å². The van der Waals surface area contributed by atoms with Crippen molar-refractivity contribution in [2.24, 2.45) is 0 Å². The molecule has 1 heterocycles. The molecule has 0 radical (unpaired) electrons. The van der Waals surface area contributed by atoms with Gasteiger partial charge in [-0.2, -0.15) is 0 Å². The summed E-state index contributed by atoms with van der Waals surface area (Å²) in [6.45, 7) is 3.23. The summed E-state index contributed by atoms with van der Waals surface area (Å²) in [4.78, 5) is 24.5. The van der Waals surface area contributed by atoms with Gasteiger partial charge in [0.1, 0.15) is 5.56 Å². The van der Waals surface area contributed by atoms with E-state index in [0.29, 0.717) is 13.1 Å². The quantitative estimate of drug-likeness (QED) is 0.596. The van der Waals surface area contributed by atoms with Crippen molar-refractivity contribution < 1.29 is 9.72 Å². The molecule has 18 heavy (non-hydrogen) atoms. The second-order valence-corrected chi connectivity index (χ2v) is 4.63. The Kier molecular flexibility index (Phi) is 3.60. The van der Waals surface area contributed by atoms with Crippen LogP contribution in [0.4, 0.5) is 5.69 Å². The smallest absolute Gasteiger partial charge is 0.282 e. The molecule has 0 N–H and O–H groups in total. The highest BCUT2D eigenvalue weighted by Gasteiger charge is 2.25. The van der Waals surface area contributed by atoms with Gasteiger partial charge in [0.25, 0.3) is 11.6 Å². The lowest BCUT2D eigenvalue weighted by atomic mass is 10.1. The number of carbonyl (C=O) groups excluding carboxylic acids is 1. The van der Waals surface area contributed by atoms with Gasteiger partial charge in [-0.05, 0) is 37.8 Å². The predicted molar refractivity (Wildman–Crippen MR) is 67.6 cm³/mol. The lowest BCUT2D eigenvalue weighted by molar-refractivity contribution is -0.385. The van der Waals surface area contributed by atoms with Gasteiger partial charge < -0.3 is 4.90 Å². The maximum absolute atomic E-state index is 12.3. The monoisotopic (exact) mass is 248 g/mol. The Morgan fingerprint density at radius 2 is 1.94 bits per heavy atom. The molecule has 96 valence electrons. The summed E-state index contributed by atoms with van der Waals surface area (Å²) in [7, 11) is 0. The normalized spacial score (nSPS) is 15.5. The average Bonchev–Trinajstić information content (AvgIpc) is 2.38. The fraction of sp³-hybridized carbons (Fsp3) is 0.462. The van der Waals surface area contributed by atoms with E-state index in [1.54, 1.807) is 17.0 Å². The Morgan fingerprint density at radius 3 is 2.56 bits per heavy atom. The summed E-state index contributed by atoms with van der Waals surface area (Å²) in [5, 5.41) is 11.0. The molecule has 0 unspecified atom stereocenters. The standard InChI is InChI=1S/C13H16N2O3/c1-10-5-6-12(15(17)18)11(9-10)13(16)14-7-3-2-4-8-14/h5-6,9H,2-4,7-8H2,1H3. The highest BCUT2D eigenvalue weighted by molar-refractivity contribution is 5.98. The van der Waals surface area contributed by atoms with Gasteiger partial charge in [0.05, 0.1) is 4.92 Å². The van der Waals surface area contributed by atoms with Gasteiger partial charge in [0.15, 0.2) is 0 Å². The number of likely N-dealkylation sites (tertiary alicyclic amines) is 1. The maximum atomic E-state index is 12.3. The number of nitro groups is 1. The minimum absolute atomic E-state index is 0.101. The number of benzene rings is 1. The average molecular weight is 248 g/mol. The lowest BCUT2D eigenvalue weighted by Crippen LogP contribution is -2.35. The van der Waals surface area contributed by atoms with E-state index in [1.165, 1.54) is 6.07 Å². The van der Waals surface area contributed by atoms with Crippen LogP contribution in [0.5, 0.6) is 0 Å². The number of amides is 1. The number of aryl methyl sites for hydroxylation is 1. The van der Waals surface area contributed by atoms with Gasteiger partial charge in [-0.1, -0.05) is 6.07 Å². The molecule has 0 spiro atoms. The van der Waals surface area contributed by atoms with Crippen molar-refractivity contribution in [2.45, 2.75) is 26.2 Å². The molecule has 0 aromatic heterocycles. The van der Waals surface area contributed by atoms with Gasteiger partial charge in [0.2, 0.25) is 0 Å². The zero-order chi connectivity index (χ0) is 13.1. The minimum atomic E-state index is -0.489. The van der Waals surface area contributed by atoms with Gasteiger partial charge in [0, 0.05) is 19.2 Å². The SMILES string of the molecule is Cc1ccc([N+](=O)[O-])c(C(=O)N2CCCCC2)c1. The van der Waals surface area contributed by atoms with Crippen molar-refractivity contribution >= 4 is 11.6 Å². The van der Waals surface area contributed by atoms with E-state index >= 15 is 0 Å². The maximum Gasteiger partial charge on any atom is 0.282 e. The molecule has 1 aromatic carbocycles. The van der Waals surface area contributed by atoms with Gasteiger partial charge in [-0.3, -0.25) is 14.9 Å². The lowest BCUT2D eigenvalue weighted by Gasteiger charge is -2.26. The van der Waals surface area contributed by atoms with Crippen LogP contribution < -0.4 is 0 Å². The summed E-state index contributed by atoms with van der Waals surface area (Å²) in [6.07, 6.45) is 3.08. The van der Waals surface area contributed by atoms with E-state index in [2.05, 4.69) is 0 Å². The third-order valence-electron chi connectivity index (χ3n) is 3.22. The third-order valence-corrected chi connectivity index (χ3v) is 3.22. The van der Waals surface area contributed by atoms with E-state index in [1.807, 2.05) is 6.92 Å². The molecule has 2 rings (SSSR count). The van der Waals surface area contributed by atoms with Crippen molar-refractivity contribution in [1.82, 2.24) is 4.90 Å². The molecule has 0 bridgehead atoms. The molecule has 1 saturated heterocycles. The Hall–Kier alpha value is -1.91. The number of carbonyl (C=O) groups is 1. The number of nitrogens with zero attached hydrogens (tertiary/aromatic N) is 2. The minimum Gasteiger partial charge on any atom is -0.338 e. The number of nitro benzene ring substituents is 1. The molecular weight excluding hydrogens is 232 g/mol. The number of hydrogen-bond donors (Lipinski definition) is 0. The van der Waals surface area contributed by atoms with Crippen LogP contribution >= 0.6 is 0 Å². The van der Waals surface area contributed by atoms with Crippen LogP contribution in [0, 0.1) is 17.0 Å². The van der Waals surface area contributed by atoms with Gasteiger partial charge in [-0.25, -0.2) is 0 Å². The highest BCUT2D eigenvalue weighted by Crippen LogP contribution is 2.23. The van der Waals surface area contributed by atoms with Crippen LogP contribution in [0.2, 0.25) is 0 Å². The molecular formula is C13H16N2O3. The van der Waals surface area contributed by atoms with Crippen molar-refractivity contribution in [3.8, 4) is 0 Å². The van der Waals surface area contributed by atoms with E-state index < -0.39 is 4.92 Å². The molecule has 1 aliphatic rings. The summed E-state index contributed by atoms with van der Waals surface area (Å²) in [5.41, 5.74) is 0.971. The molecule has 5 nitrogen and oxygen atoms in total. The molecule has 1 aromatic rings. The molecule has 1 aliphatic heterocycles. The molecule has 5 heteroatoms. The number of rotatable bonds is 2. The van der Waals surface area contributed by atoms with Crippen LogP contribution in [0.15, 0.2) is 18.2 Å². The van der Waals surface area contributed by atoms with Crippen molar-refractivity contribution in [2.75, 3.05) is 13.1 Å². The van der Waals surface area contributed by atoms with E-state index in [4.69, 9.17) is 0 Å². The third kappa shape index (κ3) is 2.50. The highest BCUT2D eigenvalue weighted by atomic mass is 16.6. The first-order valence-electron chi connectivity index (χ1n) is 6.14. The van der Waals surface area contributed by atoms with E-state index in [9.17, 15) is 14.9 Å². The Bertz CT molecular complexity index is 479. The first-order chi connectivity index (χ1) is 8.59. The van der Waals surface area contributed by atoms with Crippen LogP contribution in [0.3, 0.4) is 0 Å². The predicted octanol–water partition coefficient (Wildman–Crippen LogP) is 2.53. The molecule has 1 amide bonds. The van der Waals surface area contributed by atoms with Crippen LogP contribution in [-0.2, 0) is 0 Å². The molecule has 0 saturated carbocycles. The van der Waals surface area contributed by atoms with Crippen molar-refractivity contribution in [3.05, 3.63) is 39.4 Å². The van der Waals surface area contributed by atoms with E-state index in [-0.39, 0.29) is 17.2 Å². The second kappa shape index (κ2) is 5.16. The summed E-state index contributed by atoms with van der Waals surface area (Å²) < 4.78 is 0. The largest absolute Gasteiger partial charge is 0.338 e. The van der Waals surface area contributed by atoms with E-state index in [0.717, 1.165) is 24.8 Å². The topological polar surface area (TPSA) is 63.5 Å². The van der Waals surface area contributed by atoms with Crippen LogP contribution in [0.25, 0.3) is 0 Å².